The van der Waals surface area contributed by atoms with Crippen LogP contribution in [0.3, 0.4) is 0 Å². The number of guanidine groups is 1. The number of carbonyl (C=O) groups is 1. The SMILES string of the molecule is CCNC(=NCc1ccc(C)c(OC)c1)NC1CCN(C(=O)C2CCCCC2)C1. The largest absolute Gasteiger partial charge is 0.496 e. The van der Waals surface area contributed by atoms with E-state index >= 15 is 0 Å². The number of hydrogen-bond acceptors (Lipinski definition) is 3. The van der Waals surface area contributed by atoms with Crippen LogP contribution in [0.2, 0.25) is 0 Å². The molecule has 0 aromatic heterocycles. The van der Waals surface area contributed by atoms with Gasteiger partial charge >= 0.3 is 0 Å². The second kappa shape index (κ2) is 10.5. The lowest BCUT2D eigenvalue weighted by Crippen LogP contribution is -2.45. The zero-order chi connectivity index (χ0) is 20.6. The Morgan fingerprint density at radius 2 is 2.03 bits per heavy atom. The number of ether oxygens (including phenoxy) is 1. The van der Waals surface area contributed by atoms with Crippen LogP contribution in [0.5, 0.6) is 5.75 Å². The second-order valence-corrected chi connectivity index (χ2v) is 8.25. The predicted octanol–water partition coefficient (Wildman–Crippen LogP) is 3.24. The maximum atomic E-state index is 12.8. The summed E-state index contributed by atoms with van der Waals surface area (Å²) in [4.78, 5) is 19.6. The van der Waals surface area contributed by atoms with Crippen molar-refractivity contribution >= 4 is 11.9 Å². The van der Waals surface area contributed by atoms with E-state index in [2.05, 4.69) is 34.6 Å². The van der Waals surface area contributed by atoms with Crippen LogP contribution in [0, 0.1) is 12.8 Å². The summed E-state index contributed by atoms with van der Waals surface area (Å²) in [6.45, 7) is 7.13. The zero-order valence-electron chi connectivity index (χ0n) is 18.2. The number of aryl methyl sites for hydroxylation is 1. The first-order chi connectivity index (χ1) is 14.1. The van der Waals surface area contributed by atoms with Gasteiger partial charge < -0.3 is 20.3 Å². The Hall–Kier alpha value is -2.24. The van der Waals surface area contributed by atoms with Crippen molar-refractivity contribution in [2.75, 3.05) is 26.7 Å². The fourth-order valence-electron chi connectivity index (χ4n) is 4.33. The number of carbonyl (C=O) groups excluding carboxylic acids is 1. The van der Waals surface area contributed by atoms with Gasteiger partial charge in [0.05, 0.1) is 13.7 Å². The van der Waals surface area contributed by atoms with Gasteiger partial charge in [-0.05, 0) is 50.3 Å². The van der Waals surface area contributed by atoms with Gasteiger partial charge in [0.1, 0.15) is 5.75 Å². The minimum Gasteiger partial charge on any atom is -0.496 e. The highest BCUT2D eigenvalue weighted by atomic mass is 16.5. The van der Waals surface area contributed by atoms with Gasteiger partial charge in [-0.25, -0.2) is 4.99 Å². The molecule has 1 atom stereocenters. The van der Waals surface area contributed by atoms with Crippen molar-refractivity contribution in [1.29, 1.82) is 0 Å². The molecule has 29 heavy (non-hydrogen) atoms. The molecule has 1 heterocycles. The molecule has 0 spiro atoms. The maximum absolute atomic E-state index is 12.8. The quantitative estimate of drug-likeness (QED) is 0.568. The summed E-state index contributed by atoms with van der Waals surface area (Å²) in [6, 6.07) is 6.46. The first-order valence-electron chi connectivity index (χ1n) is 11.1. The van der Waals surface area contributed by atoms with E-state index in [1.54, 1.807) is 7.11 Å². The molecule has 1 saturated heterocycles. The first kappa shape index (κ1) is 21.5. The Balaban J connectivity index is 1.56. The average Bonchev–Trinajstić information content (AvgIpc) is 3.21. The Labute approximate surface area is 175 Å². The van der Waals surface area contributed by atoms with Gasteiger partial charge in [0, 0.05) is 31.6 Å². The molecule has 0 bridgehead atoms. The number of aliphatic imine (C=N–C) groups is 1. The summed E-state index contributed by atoms with van der Waals surface area (Å²) < 4.78 is 5.41. The van der Waals surface area contributed by atoms with Crippen molar-refractivity contribution in [2.45, 2.75) is 65.0 Å². The molecular formula is C23H36N4O2. The summed E-state index contributed by atoms with van der Waals surface area (Å²) >= 11 is 0. The molecule has 1 amide bonds. The summed E-state index contributed by atoms with van der Waals surface area (Å²) in [5.41, 5.74) is 2.24. The van der Waals surface area contributed by atoms with Crippen LogP contribution in [-0.4, -0.2) is 49.6 Å². The van der Waals surface area contributed by atoms with Crippen molar-refractivity contribution in [1.82, 2.24) is 15.5 Å². The van der Waals surface area contributed by atoms with E-state index in [0.717, 1.165) is 61.7 Å². The molecule has 2 aliphatic rings. The molecule has 160 valence electrons. The summed E-state index contributed by atoms with van der Waals surface area (Å²) in [7, 11) is 1.70. The normalized spacial score (nSPS) is 20.6. The topological polar surface area (TPSA) is 66.0 Å². The second-order valence-electron chi connectivity index (χ2n) is 8.25. The highest BCUT2D eigenvalue weighted by Gasteiger charge is 2.31. The van der Waals surface area contributed by atoms with E-state index in [1.165, 1.54) is 19.3 Å². The van der Waals surface area contributed by atoms with E-state index in [9.17, 15) is 4.79 Å². The van der Waals surface area contributed by atoms with E-state index in [1.807, 2.05) is 13.0 Å². The lowest BCUT2D eigenvalue weighted by molar-refractivity contribution is -0.135. The molecule has 1 saturated carbocycles. The number of nitrogens with one attached hydrogen (secondary N) is 2. The van der Waals surface area contributed by atoms with Crippen LogP contribution in [0.25, 0.3) is 0 Å². The Morgan fingerprint density at radius 1 is 1.24 bits per heavy atom. The maximum Gasteiger partial charge on any atom is 0.225 e. The number of hydrogen-bond donors (Lipinski definition) is 2. The fraction of sp³-hybridized carbons (Fsp3) is 0.652. The number of nitrogens with zero attached hydrogens (tertiary/aromatic N) is 2. The zero-order valence-corrected chi connectivity index (χ0v) is 18.2. The fourth-order valence-corrected chi connectivity index (χ4v) is 4.33. The van der Waals surface area contributed by atoms with Crippen LogP contribution in [0.1, 0.15) is 56.6 Å². The smallest absolute Gasteiger partial charge is 0.225 e. The van der Waals surface area contributed by atoms with Crippen LogP contribution in [-0.2, 0) is 11.3 Å². The van der Waals surface area contributed by atoms with Crippen LogP contribution >= 0.6 is 0 Å². The van der Waals surface area contributed by atoms with Gasteiger partial charge in [0.2, 0.25) is 5.91 Å². The van der Waals surface area contributed by atoms with Crippen molar-refractivity contribution in [2.24, 2.45) is 10.9 Å². The van der Waals surface area contributed by atoms with E-state index in [4.69, 9.17) is 9.73 Å². The minimum absolute atomic E-state index is 0.251. The summed E-state index contributed by atoms with van der Waals surface area (Å²) in [6.07, 6.45) is 6.79. The molecule has 2 N–H and O–H groups in total. The molecule has 2 fully saturated rings. The molecule has 1 aliphatic carbocycles. The number of likely N-dealkylation sites (tertiary alicyclic amines) is 1. The number of benzene rings is 1. The highest BCUT2D eigenvalue weighted by Crippen LogP contribution is 2.26. The molecule has 1 aromatic carbocycles. The molecule has 1 aliphatic heterocycles. The summed E-state index contributed by atoms with van der Waals surface area (Å²) in [5.74, 6) is 2.32. The van der Waals surface area contributed by atoms with Crippen LogP contribution < -0.4 is 15.4 Å². The van der Waals surface area contributed by atoms with Gasteiger partial charge in [-0.2, -0.15) is 0 Å². The third-order valence-electron chi connectivity index (χ3n) is 6.03. The standard InChI is InChI=1S/C23H36N4O2/c1-4-24-23(25-15-18-11-10-17(2)21(14-18)29-3)26-20-12-13-27(16-20)22(28)19-8-6-5-7-9-19/h10-11,14,19-20H,4-9,12-13,15-16H2,1-3H3,(H2,24,25,26). The third-order valence-corrected chi connectivity index (χ3v) is 6.03. The molecular weight excluding hydrogens is 364 g/mol. The monoisotopic (exact) mass is 400 g/mol. The highest BCUT2D eigenvalue weighted by molar-refractivity contribution is 5.81. The Kier molecular flexibility index (Phi) is 7.78. The van der Waals surface area contributed by atoms with Crippen molar-refractivity contribution < 1.29 is 9.53 Å². The third kappa shape index (κ3) is 5.87. The molecule has 6 heteroatoms. The lowest BCUT2D eigenvalue weighted by Gasteiger charge is -2.26. The van der Waals surface area contributed by atoms with Gasteiger partial charge in [0.15, 0.2) is 5.96 Å². The van der Waals surface area contributed by atoms with E-state index < -0.39 is 0 Å². The van der Waals surface area contributed by atoms with Gasteiger partial charge in [-0.3, -0.25) is 4.79 Å². The Morgan fingerprint density at radius 3 is 2.76 bits per heavy atom. The lowest BCUT2D eigenvalue weighted by atomic mass is 9.88. The molecule has 6 nitrogen and oxygen atoms in total. The van der Waals surface area contributed by atoms with E-state index in [-0.39, 0.29) is 12.0 Å². The molecule has 1 aromatic rings. The molecule has 0 radical (unpaired) electrons. The van der Waals surface area contributed by atoms with Gasteiger partial charge in [-0.1, -0.05) is 31.4 Å². The van der Waals surface area contributed by atoms with Crippen molar-refractivity contribution in [3.05, 3.63) is 29.3 Å². The van der Waals surface area contributed by atoms with Gasteiger partial charge in [-0.15, -0.1) is 0 Å². The average molecular weight is 401 g/mol. The van der Waals surface area contributed by atoms with Gasteiger partial charge in [0.25, 0.3) is 0 Å². The molecule has 3 rings (SSSR count). The predicted molar refractivity (Wildman–Crippen MR) is 117 cm³/mol. The van der Waals surface area contributed by atoms with Crippen molar-refractivity contribution in [3.8, 4) is 5.75 Å². The number of amides is 1. The molecule has 1 unspecified atom stereocenters. The minimum atomic E-state index is 0.251. The van der Waals surface area contributed by atoms with Crippen LogP contribution in [0.4, 0.5) is 0 Å². The van der Waals surface area contributed by atoms with E-state index in [0.29, 0.717) is 12.5 Å². The number of rotatable bonds is 6. The Bertz CT molecular complexity index is 713. The first-order valence-corrected chi connectivity index (χ1v) is 11.1. The summed E-state index contributed by atoms with van der Waals surface area (Å²) in [5, 5.41) is 6.86. The van der Waals surface area contributed by atoms with Crippen molar-refractivity contribution in [3.63, 3.8) is 0 Å². The number of methoxy groups -OCH3 is 1. The van der Waals surface area contributed by atoms with Crippen LogP contribution in [0.15, 0.2) is 23.2 Å².